The largest absolute Gasteiger partial charge is 0.469 e. The van der Waals surface area contributed by atoms with Crippen molar-refractivity contribution in [2.24, 2.45) is 11.8 Å². The number of hydrogen-bond donors (Lipinski definition) is 3. The Bertz CT molecular complexity index is 1500. The first-order valence-electron chi connectivity index (χ1n) is 13.1. The van der Waals surface area contributed by atoms with Gasteiger partial charge in [0.1, 0.15) is 34.9 Å². The van der Waals surface area contributed by atoms with E-state index in [0.717, 1.165) is 4.47 Å². The van der Waals surface area contributed by atoms with Crippen LogP contribution >= 0.6 is 15.9 Å². The zero-order valence-corrected chi connectivity index (χ0v) is 23.7. The van der Waals surface area contributed by atoms with Gasteiger partial charge in [-0.1, -0.05) is 107 Å². The smallest absolute Gasteiger partial charge is 0.320 e. The lowest BCUT2D eigenvalue weighted by molar-refractivity contribution is -0.247. The molecule has 0 unspecified atom stereocenters. The number of hydrogen-bond acceptors (Lipinski definition) is 7. The third-order valence-corrected chi connectivity index (χ3v) is 8.42. The molecule has 1 aliphatic rings. The van der Waals surface area contributed by atoms with E-state index in [-0.39, 0.29) is 16.9 Å². The van der Waals surface area contributed by atoms with Crippen LogP contribution < -0.4 is 4.74 Å². The van der Waals surface area contributed by atoms with Crippen molar-refractivity contribution < 1.29 is 34.4 Å². The number of methoxy groups -OCH3 is 1. The molecule has 41 heavy (non-hydrogen) atoms. The van der Waals surface area contributed by atoms with Crippen LogP contribution in [0.5, 0.6) is 5.75 Å². The number of aliphatic hydroxyl groups is 3. The number of halogens is 1. The Hall–Kier alpha value is -3.82. The molecule has 5 rings (SSSR count). The fourth-order valence-electron chi connectivity index (χ4n) is 6.04. The normalized spacial score (nSPS) is 27.5. The van der Waals surface area contributed by atoms with Gasteiger partial charge in [-0.15, -0.1) is 0 Å². The van der Waals surface area contributed by atoms with Crippen molar-refractivity contribution in [1.82, 2.24) is 0 Å². The molecule has 1 saturated carbocycles. The Labute approximate surface area is 246 Å². The van der Waals surface area contributed by atoms with Crippen molar-refractivity contribution in [3.8, 4) is 5.75 Å². The number of ether oxygens (including phenoxy) is 2. The Morgan fingerprint density at radius 3 is 1.76 bits per heavy atom. The van der Waals surface area contributed by atoms with Crippen LogP contribution in [0, 0.1) is 11.8 Å². The van der Waals surface area contributed by atoms with Crippen molar-refractivity contribution in [1.29, 1.82) is 0 Å². The molecule has 0 bridgehead atoms. The minimum absolute atomic E-state index is 0.173. The van der Waals surface area contributed by atoms with Gasteiger partial charge in [0.15, 0.2) is 0 Å². The van der Waals surface area contributed by atoms with Gasteiger partial charge in [0.05, 0.1) is 7.11 Å². The summed E-state index contributed by atoms with van der Waals surface area (Å²) in [4.78, 5) is 27.8. The molecule has 0 heterocycles. The maximum atomic E-state index is 14.0. The van der Waals surface area contributed by atoms with Crippen molar-refractivity contribution in [2.75, 3.05) is 7.11 Å². The third-order valence-electron chi connectivity index (χ3n) is 7.89. The molecule has 3 N–H and O–H groups in total. The fourth-order valence-corrected chi connectivity index (χ4v) is 6.30. The molecule has 1 fully saturated rings. The van der Waals surface area contributed by atoms with Gasteiger partial charge < -0.3 is 24.8 Å². The fraction of sp³-hybridized carbons (Fsp3) is 0.212. The average molecular weight is 617 g/mol. The quantitative estimate of drug-likeness (QED) is 0.213. The predicted molar refractivity (Wildman–Crippen MR) is 155 cm³/mol. The Morgan fingerprint density at radius 1 is 0.683 bits per heavy atom. The average Bonchev–Trinajstić information content (AvgIpc) is 3.00. The van der Waals surface area contributed by atoms with Gasteiger partial charge in [-0.2, -0.15) is 0 Å². The van der Waals surface area contributed by atoms with Gasteiger partial charge in [0.25, 0.3) is 0 Å². The summed E-state index contributed by atoms with van der Waals surface area (Å²) in [5, 5.41) is 37.6. The maximum absolute atomic E-state index is 14.0. The molecule has 4 aromatic carbocycles. The molecule has 0 radical (unpaired) electrons. The molecule has 6 atom stereocenters. The van der Waals surface area contributed by atoms with Crippen molar-refractivity contribution in [3.63, 3.8) is 0 Å². The Morgan fingerprint density at radius 2 is 1.20 bits per heavy atom. The minimum Gasteiger partial charge on any atom is -0.469 e. The summed E-state index contributed by atoms with van der Waals surface area (Å²) in [6.45, 7) is 0. The topological polar surface area (TPSA) is 113 Å². The summed E-state index contributed by atoms with van der Waals surface area (Å²) in [6, 6.07) is 31.6. The van der Waals surface area contributed by atoms with Gasteiger partial charge in [-0.05, 0) is 41.0 Å². The van der Waals surface area contributed by atoms with E-state index in [1.807, 2.05) is 0 Å². The van der Waals surface area contributed by atoms with Crippen molar-refractivity contribution in [3.05, 3.63) is 136 Å². The van der Waals surface area contributed by atoms with Gasteiger partial charge >= 0.3 is 11.9 Å². The summed E-state index contributed by atoms with van der Waals surface area (Å²) in [5.41, 5.74) is -3.73. The van der Waals surface area contributed by atoms with Gasteiger partial charge in [0, 0.05) is 10.4 Å². The zero-order valence-electron chi connectivity index (χ0n) is 22.1. The van der Waals surface area contributed by atoms with Crippen LogP contribution in [0.3, 0.4) is 0 Å². The van der Waals surface area contributed by atoms with E-state index in [9.17, 15) is 24.9 Å². The highest BCUT2D eigenvalue weighted by Gasteiger charge is 2.70. The summed E-state index contributed by atoms with van der Waals surface area (Å²) < 4.78 is 11.6. The molecule has 210 valence electrons. The van der Waals surface area contributed by atoms with E-state index >= 15 is 0 Å². The molecular formula is C33H29BrO7. The SMILES string of the molecule is COC(=O)[C@H]1[C@H](c2ccccc2)[C@@](O)(c2ccc(Br)cc2)[C@@H](O)[C@H](C(=O)Oc2ccccc2)[C@]1(O)c1ccccc1. The number of esters is 2. The molecule has 0 spiro atoms. The van der Waals surface area contributed by atoms with Crippen LogP contribution in [0.1, 0.15) is 22.6 Å². The van der Waals surface area contributed by atoms with Gasteiger partial charge in [-0.3, -0.25) is 9.59 Å². The molecule has 1 aliphatic carbocycles. The lowest BCUT2D eigenvalue weighted by Gasteiger charge is -2.56. The Balaban J connectivity index is 1.82. The lowest BCUT2D eigenvalue weighted by atomic mass is 9.51. The summed E-state index contributed by atoms with van der Waals surface area (Å²) in [5.74, 6) is -6.34. The molecular weight excluding hydrogens is 588 g/mol. The van der Waals surface area contributed by atoms with E-state index in [1.165, 1.54) is 7.11 Å². The second-order valence-corrected chi connectivity index (χ2v) is 11.0. The van der Waals surface area contributed by atoms with E-state index in [0.29, 0.717) is 5.56 Å². The zero-order chi connectivity index (χ0) is 29.2. The van der Waals surface area contributed by atoms with E-state index in [1.54, 1.807) is 115 Å². The molecule has 0 aliphatic heterocycles. The summed E-state index contributed by atoms with van der Waals surface area (Å²) in [6.07, 6.45) is -1.93. The van der Waals surface area contributed by atoms with Gasteiger partial charge in [-0.25, -0.2) is 0 Å². The highest BCUT2D eigenvalue weighted by molar-refractivity contribution is 9.10. The maximum Gasteiger partial charge on any atom is 0.320 e. The van der Waals surface area contributed by atoms with Crippen LogP contribution in [0.4, 0.5) is 0 Å². The Kier molecular flexibility index (Phi) is 8.11. The minimum atomic E-state index is -2.36. The summed E-state index contributed by atoms with van der Waals surface area (Å²) >= 11 is 3.40. The molecule has 4 aromatic rings. The van der Waals surface area contributed by atoms with E-state index < -0.39 is 47.0 Å². The van der Waals surface area contributed by atoms with Crippen LogP contribution in [0.15, 0.2) is 120 Å². The van der Waals surface area contributed by atoms with Crippen LogP contribution in [-0.2, 0) is 25.5 Å². The first-order valence-corrected chi connectivity index (χ1v) is 13.9. The van der Waals surface area contributed by atoms with Gasteiger partial charge in [0.2, 0.25) is 0 Å². The second-order valence-electron chi connectivity index (χ2n) is 10.1. The van der Waals surface area contributed by atoms with Crippen LogP contribution in [-0.4, -0.2) is 40.5 Å². The molecule has 7 nitrogen and oxygen atoms in total. The third kappa shape index (κ3) is 4.97. The lowest BCUT2D eigenvalue weighted by Crippen LogP contribution is -2.68. The molecule has 0 aromatic heterocycles. The number of aliphatic hydroxyl groups excluding tert-OH is 1. The molecule has 8 heteroatoms. The number of benzene rings is 4. The first-order chi connectivity index (χ1) is 19.7. The number of carbonyl (C=O) groups excluding carboxylic acids is 2. The first kappa shape index (κ1) is 28.7. The van der Waals surface area contributed by atoms with E-state index in [2.05, 4.69) is 15.9 Å². The number of rotatable bonds is 6. The van der Waals surface area contributed by atoms with E-state index in [4.69, 9.17) is 9.47 Å². The number of carbonyl (C=O) groups is 2. The number of para-hydroxylation sites is 1. The highest BCUT2D eigenvalue weighted by Crippen LogP contribution is 2.60. The van der Waals surface area contributed by atoms with Crippen LogP contribution in [0.25, 0.3) is 0 Å². The highest BCUT2D eigenvalue weighted by atomic mass is 79.9. The molecule has 0 amide bonds. The summed E-state index contributed by atoms with van der Waals surface area (Å²) in [7, 11) is 1.18. The predicted octanol–water partition coefficient (Wildman–Crippen LogP) is 4.69. The second kappa shape index (κ2) is 11.6. The standard InChI is InChI=1S/C33H29BrO7/c1-40-30(36)27-26(21-11-5-2-6-12-21)33(39,23-17-19-24(34)20-18-23)29(35)28(31(37)41-25-15-9-4-10-16-25)32(27,38)22-13-7-3-8-14-22/h2-20,26-29,35,38-39H,1H3/t26-,27+,28+,29-,32-,33-/m0/s1. The van der Waals surface area contributed by atoms with Crippen LogP contribution in [0.2, 0.25) is 0 Å². The van der Waals surface area contributed by atoms with Crippen molar-refractivity contribution >= 4 is 27.9 Å². The monoisotopic (exact) mass is 616 g/mol. The molecule has 0 saturated heterocycles. The van der Waals surface area contributed by atoms with Crippen molar-refractivity contribution in [2.45, 2.75) is 23.2 Å².